The van der Waals surface area contributed by atoms with Crippen LogP contribution in [-0.4, -0.2) is 55.0 Å². The lowest BCUT2D eigenvalue weighted by atomic mass is 10.2. The highest BCUT2D eigenvalue weighted by Crippen LogP contribution is 2.31. The fourth-order valence-corrected chi connectivity index (χ4v) is 4.79. The van der Waals surface area contributed by atoms with Crippen LogP contribution in [0.15, 0.2) is 33.7 Å². The Labute approximate surface area is 165 Å². The number of piperazine rings is 1. The van der Waals surface area contributed by atoms with Gasteiger partial charge in [-0.15, -0.1) is 0 Å². The molecule has 0 spiro atoms. The van der Waals surface area contributed by atoms with Crippen molar-refractivity contribution in [1.82, 2.24) is 14.4 Å². The van der Waals surface area contributed by atoms with E-state index in [0.29, 0.717) is 0 Å². The lowest BCUT2D eigenvalue weighted by Crippen LogP contribution is -2.51. The number of urea groups is 1. The average molecular weight is 432 g/mol. The van der Waals surface area contributed by atoms with Crippen LogP contribution in [0.3, 0.4) is 0 Å². The number of sulfonamides is 1. The molecule has 12 heteroatoms. The number of alkyl halides is 3. The van der Waals surface area contributed by atoms with Gasteiger partial charge in [-0.3, -0.25) is 0 Å². The molecule has 8 nitrogen and oxygen atoms in total. The smallest absolute Gasteiger partial charge is 0.360 e. The molecule has 1 aliphatic rings. The maximum Gasteiger partial charge on any atom is 0.416 e. The third-order valence-corrected chi connectivity index (χ3v) is 6.68. The number of rotatable bonds is 3. The third-order valence-electron chi connectivity index (χ3n) is 4.53. The van der Waals surface area contributed by atoms with Gasteiger partial charge in [-0.05, 0) is 32.0 Å². The summed E-state index contributed by atoms with van der Waals surface area (Å²) in [5.41, 5.74) is -0.603. The van der Waals surface area contributed by atoms with Gasteiger partial charge in [0.1, 0.15) is 10.6 Å². The van der Waals surface area contributed by atoms with Crippen LogP contribution in [0.4, 0.5) is 23.7 Å². The first-order chi connectivity index (χ1) is 13.5. The van der Waals surface area contributed by atoms with Crippen LogP contribution in [-0.2, 0) is 16.2 Å². The highest BCUT2D eigenvalue weighted by Gasteiger charge is 2.34. The molecular formula is C17H19F3N4O4S. The Hall–Kier alpha value is -2.60. The van der Waals surface area contributed by atoms with Gasteiger partial charge in [0.05, 0.1) is 5.56 Å². The molecule has 0 bridgehead atoms. The Morgan fingerprint density at radius 3 is 2.38 bits per heavy atom. The molecule has 2 aromatic rings. The van der Waals surface area contributed by atoms with E-state index in [1.165, 1.54) is 35.2 Å². The van der Waals surface area contributed by atoms with E-state index in [9.17, 15) is 26.4 Å². The molecular weight excluding hydrogens is 413 g/mol. The number of aromatic nitrogens is 1. The predicted octanol–water partition coefficient (Wildman–Crippen LogP) is 2.85. The van der Waals surface area contributed by atoms with E-state index < -0.39 is 27.8 Å². The van der Waals surface area contributed by atoms with Crippen molar-refractivity contribution in [3.8, 4) is 0 Å². The molecule has 158 valence electrons. The van der Waals surface area contributed by atoms with Crippen molar-refractivity contribution in [2.75, 3.05) is 31.5 Å². The quantitative estimate of drug-likeness (QED) is 0.805. The van der Waals surface area contributed by atoms with Gasteiger partial charge >= 0.3 is 12.2 Å². The third kappa shape index (κ3) is 4.37. The number of aryl methyl sites for hydroxylation is 2. The van der Waals surface area contributed by atoms with E-state index in [1.54, 1.807) is 0 Å². The maximum absolute atomic E-state index is 12.8. The second-order valence-electron chi connectivity index (χ2n) is 6.55. The molecule has 3 rings (SSSR count). The molecule has 29 heavy (non-hydrogen) atoms. The van der Waals surface area contributed by atoms with Crippen LogP contribution in [0, 0.1) is 13.8 Å². The summed E-state index contributed by atoms with van der Waals surface area (Å²) in [7, 11) is -3.82. The van der Waals surface area contributed by atoms with E-state index in [2.05, 4.69) is 10.5 Å². The number of halogens is 3. The van der Waals surface area contributed by atoms with Crippen LogP contribution in [0.1, 0.15) is 17.0 Å². The highest BCUT2D eigenvalue weighted by atomic mass is 32.2. The van der Waals surface area contributed by atoms with Gasteiger partial charge in [-0.2, -0.15) is 17.5 Å². The Morgan fingerprint density at radius 2 is 1.83 bits per heavy atom. The lowest BCUT2D eigenvalue weighted by molar-refractivity contribution is -0.137. The van der Waals surface area contributed by atoms with Crippen molar-refractivity contribution in [2.24, 2.45) is 0 Å². The number of amides is 2. The molecule has 0 unspecified atom stereocenters. The highest BCUT2D eigenvalue weighted by molar-refractivity contribution is 7.89. The summed E-state index contributed by atoms with van der Waals surface area (Å²) in [5, 5.41) is 6.07. The minimum atomic E-state index is -4.51. The van der Waals surface area contributed by atoms with Gasteiger partial charge in [0.15, 0.2) is 5.76 Å². The van der Waals surface area contributed by atoms with E-state index in [1.807, 2.05) is 0 Å². The fraction of sp³-hybridized carbons (Fsp3) is 0.412. The van der Waals surface area contributed by atoms with Crippen LogP contribution >= 0.6 is 0 Å². The predicted molar refractivity (Wildman–Crippen MR) is 96.8 cm³/mol. The summed E-state index contributed by atoms with van der Waals surface area (Å²) in [5.74, 6) is 0.187. The standard InChI is InChI=1S/C17H19F3N4O4S/c1-11-15(12(2)28-22-11)29(26,27)24-8-6-23(7-9-24)16(25)21-14-5-3-4-13(10-14)17(18,19)20/h3-5,10H,6-9H2,1-2H3,(H,21,25). The first-order valence-corrected chi connectivity index (χ1v) is 10.1. The summed E-state index contributed by atoms with van der Waals surface area (Å²) in [6.45, 7) is 3.30. The minimum absolute atomic E-state index is 0.00981. The Morgan fingerprint density at radius 1 is 1.17 bits per heavy atom. The molecule has 1 N–H and O–H groups in total. The monoisotopic (exact) mass is 432 g/mol. The number of hydrogen-bond donors (Lipinski definition) is 1. The number of nitrogens with zero attached hydrogens (tertiary/aromatic N) is 3. The summed E-state index contributed by atoms with van der Waals surface area (Å²) in [6.07, 6.45) is -4.51. The van der Waals surface area contributed by atoms with E-state index in [4.69, 9.17) is 4.52 Å². The van der Waals surface area contributed by atoms with Crippen molar-refractivity contribution in [3.63, 3.8) is 0 Å². The molecule has 1 aromatic carbocycles. The zero-order chi connectivity index (χ0) is 21.4. The van der Waals surface area contributed by atoms with Crippen LogP contribution in [0.2, 0.25) is 0 Å². The number of benzene rings is 1. The van der Waals surface area contributed by atoms with Crippen molar-refractivity contribution in [1.29, 1.82) is 0 Å². The maximum atomic E-state index is 12.8. The SMILES string of the molecule is Cc1noc(C)c1S(=O)(=O)N1CCN(C(=O)Nc2cccc(C(F)(F)F)c2)CC1. The normalized spacial score (nSPS) is 16.1. The first-order valence-electron chi connectivity index (χ1n) is 8.66. The van der Waals surface area contributed by atoms with E-state index in [-0.39, 0.29) is 48.2 Å². The molecule has 0 atom stereocenters. The molecule has 1 saturated heterocycles. The molecule has 0 radical (unpaired) electrons. The fourth-order valence-electron chi connectivity index (χ4n) is 3.08. The van der Waals surface area contributed by atoms with Gasteiger partial charge in [0.25, 0.3) is 0 Å². The zero-order valence-electron chi connectivity index (χ0n) is 15.7. The molecule has 0 aliphatic carbocycles. The molecule has 1 aromatic heterocycles. The summed E-state index contributed by atoms with van der Waals surface area (Å²) >= 11 is 0. The Kier molecular flexibility index (Phi) is 5.59. The van der Waals surface area contributed by atoms with Crippen LogP contribution in [0.5, 0.6) is 0 Å². The van der Waals surface area contributed by atoms with E-state index in [0.717, 1.165) is 12.1 Å². The Balaban J connectivity index is 1.64. The number of carbonyl (C=O) groups excluding carboxylic acids is 1. The van der Waals surface area contributed by atoms with Crippen LogP contribution in [0.25, 0.3) is 0 Å². The van der Waals surface area contributed by atoms with Gasteiger partial charge in [-0.25, -0.2) is 13.2 Å². The van der Waals surface area contributed by atoms with Gasteiger partial charge in [0.2, 0.25) is 10.0 Å². The molecule has 2 amide bonds. The molecule has 1 fully saturated rings. The first kappa shape index (κ1) is 21.1. The largest absolute Gasteiger partial charge is 0.416 e. The van der Waals surface area contributed by atoms with Crippen molar-refractivity contribution in [3.05, 3.63) is 41.3 Å². The summed E-state index contributed by atoms with van der Waals surface area (Å²) < 4.78 is 70.1. The number of nitrogens with one attached hydrogen (secondary N) is 1. The topological polar surface area (TPSA) is 95.8 Å². The number of carbonyl (C=O) groups is 1. The second-order valence-corrected chi connectivity index (χ2v) is 8.43. The van der Waals surface area contributed by atoms with Crippen molar-refractivity contribution < 1.29 is 30.9 Å². The molecule has 1 aliphatic heterocycles. The number of anilines is 1. The lowest BCUT2D eigenvalue weighted by Gasteiger charge is -2.33. The summed E-state index contributed by atoms with van der Waals surface area (Å²) in [6, 6.07) is 3.71. The van der Waals surface area contributed by atoms with Crippen molar-refractivity contribution in [2.45, 2.75) is 24.9 Å². The summed E-state index contributed by atoms with van der Waals surface area (Å²) in [4.78, 5) is 13.7. The second kappa shape index (κ2) is 7.67. The van der Waals surface area contributed by atoms with Gasteiger partial charge in [-0.1, -0.05) is 11.2 Å². The molecule has 2 heterocycles. The average Bonchev–Trinajstić information content (AvgIpc) is 3.00. The zero-order valence-corrected chi connectivity index (χ0v) is 16.5. The number of hydrogen-bond acceptors (Lipinski definition) is 5. The van der Waals surface area contributed by atoms with E-state index >= 15 is 0 Å². The van der Waals surface area contributed by atoms with Crippen molar-refractivity contribution >= 4 is 21.7 Å². The van der Waals surface area contributed by atoms with Crippen LogP contribution < -0.4 is 5.32 Å². The Bertz CT molecular complexity index is 992. The van der Waals surface area contributed by atoms with Gasteiger partial charge < -0.3 is 14.7 Å². The molecule has 0 saturated carbocycles. The van der Waals surface area contributed by atoms with Gasteiger partial charge in [0, 0.05) is 31.9 Å². The minimum Gasteiger partial charge on any atom is -0.360 e.